The molecule has 0 aliphatic carbocycles. The van der Waals surface area contributed by atoms with Crippen molar-refractivity contribution < 1.29 is 30.4 Å². The number of benzene rings is 1. The van der Waals surface area contributed by atoms with Crippen LogP contribution in [0.3, 0.4) is 0 Å². The van der Waals surface area contributed by atoms with Gasteiger partial charge in [-0.05, 0) is 18.7 Å². The lowest BCUT2D eigenvalue weighted by Crippen LogP contribution is -3.00. The van der Waals surface area contributed by atoms with Crippen molar-refractivity contribution in [1.29, 1.82) is 0 Å². The fourth-order valence-corrected chi connectivity index (χ4v) is 4.44. The van der Waals surface area contributed by atoms with E-state index in [4.69, 9.17) is 0 Å². The van der Waals surface area contributed by atoms with E-state index < -0.39 is 22.5 Å². The van der Waals surface area contributed by atoms with Crippen molar-refractivity contribution in [3.8, 4) is 0 Å². The number of halogens is 1. The maximum Gasteiger partial charge on any atom is 0.269 e. The summed E-state index contributed by atoms with van der Waals surface area (Å²) in [4.78, 5) is 28.5. The van der Waals surface area contributed by atoms with Crippen LogP contribution >= 0.6 is 0 Å². The van der Waals surface area contributed by atoms with E-state index in [0.717, 1.165) is 19.6 Å². The van der Waals surface area contributed by atoms with Crippen molar-refractivity contribution in [3.05, 3.63) is 29.8 Å². The third-order valence-electron chi connectivity index (χ3n) is 4.36. The van der Waals surface area contributed by atoms with E-state index in [-0.39, 0.29) is 28.8 Å². The van der Waals surface area contributed by atoms with Crippen LogP contribution in [0.2, 0.25) is 0 Å². The monoisotopic (exact) mass is 372 g/mol. The molecule has 2 amide bonds. The number of likely N-dealkylation sites (N-methyl/N-ethyl adjacent to an activating group) is 1. The standard InChI is InChI=1S/C15H19N3O4S.ClH/c1-2-16-7-9-17(10-8-16)14(19)11-18-15(20)12-5-3-4-6-13(12)23(18,21)22;/h3-6H,2,7-11H2,1H3;1H/p-1. The lowest BCUT2D eigenvalue weighted by atomic mass is 10.2. The Kier molecular flexibility index (Phi) is 5.52. The molecule has 9 heteroatoms. The van der Waals surface area contributed by atoms with Crippen LogP contribution in [0.5, 0.6) is 0 Å². The summed E-state index contributed by atoms with van der Waals surface area (Å²) in [6, 6.07) is 6.05. The normalized spacial score (nSPS) is 19.8. The maximum absolute atomic E-state index is 12.4. The molecular weight excluding hydrogens is 354 g/mol. The van der Waals surface area contributed by atoms with Gasteiger partial charge in [-0.2, -0.15) is 0 Å². The summed E-state index contributed by atoms with van der Waals surface area (Å²) in [6.07, 6.45) is 0. The van der Waals surface area contributed by atoms with Gasteiger partial charge in [0.15, 0.2) is 0 Å². The molecule has 1 fully saturated rings. The summed E-state index contributed by atoms with van der Waals surface area (Å²) in [7, 11) is -3.92. The van der Waals surface area contributed by atoms with Crippen molar-refractivity contribution in [2.75, 3.05) is 39.3 Å². The summed E-state index contributed by atoms with van der Waals surface area (Å²) in [5.41, 5.74) is 0.135. The minimum Gasteiger partial charge on any atom is -1.00 e. The number of hydrogen-bond donors (Lipinski definition) is 0. The Morgan fingerprint density at radius 2 is 1.75 bits per heavy atom. The smallest absolute Gasteiger partial charge is 0.269 e. The highest BCUT2D eigenvalue weighted by atomic mass is 35.5. The van der Waals surface area contributed by atoms with Crippen LogP contribution in [0.1, 0.15) is 17.3 Å². The van der Waals surface area contributed by atoms with Gasteiger partial charge in [0.25, 0.3) is 15.9 Å². The number of nitrogens with zero attached hydrogens (tertiary/aromatic N) is 3. The molecule has 0 N–H and O–H groups in total. The Morgan fingerprint density at radius 1 is 1.12 bits per heavy atom. The molecule has 1 aromatic carbocycles. The average molecular weight is 373 g/mol. The number of rotatable bonds is 3. The number of carbonyl (C=O) groups is 2. The lowest BCUT2D eigenvalue weighted by Gasteiger charge is -2.34. The van der Waals surface area contributed by atoms with Gasteiger partial charge in [0.05, 0.1) is 5.56 Å². The quantitative estimate of drug-likeness (QED) is 0.565. The highest BCUT2D eigenvalue weighted by Gasteiger charge is 2.42. The van der Waals surface area contributed by atoms with Crippen molar-refractivity contribution >= 4 is 21.8 Å². The van der Waals surface area contributed by atoms with E-state index in [1.165, 1.54) is 12.1 Å². The summed E-state index contributed by atoms with van der Waals surface area (Å²) >= 11 is 0. The molecule has 0 radical (unpaired) electrons. The van der Waals surface area contributed by atoms with Crippen molar-refractivity contribution in [1.82, 2.24) is 14.1 Å². The van der Waals surface area contributed by atoms with Gasteiger partial charge in [0, 0.05) is 26.2 Å². The molecule has 7 nitrogen and oxygen atoms in total. The molecule has 132 valence electrons. The van der Waals surface area contributed by atoms with Gasteiger partial charge in [-0.25, -0.2) is 12.7 Å². The summed E-state index contributed by atoms with van der Waals surface area (Å²) < 4.78 is 25.6. The Bertz CT molecular complexity index is 745. The molecular formula is C15H19ClN3O4S-. The third kappa shape index (κ3) is 3.13. The zero-order valence-corrected chi connectivity index (χ0v) is 14.9. The Morgan fingerprint density at radius 3 is 2.33 bits per heavy atom. The molecule has 1 aromatic rings. The van der Waals surface area contributed by atoms with E-state index in [2.05, 4.69) is 11.8 Å². The van der Waals surface area contributed by atoms with Crippen LogP contribution < -0.4 is 12.4 Å². The first-order valence-electron chi connectivity index (χ1n) is 7.61. The van der Waals surface area contributed by atoms with Gasteiger partial charge in [-0.1, -0.05) is 19.1 Å². The first-order valence-corrected chi connectivity index (χ1v) is 9.05. The molecule has 0 aromatic heterocycles. The molecule has 3 rings (SSSR count). The first kappa shape index (κ1) is 18.7. The maximum atomic E-state index is 12.4. The number of sulfonamides is 1. The minimum atomic E-state index is -3.92. The van der Waals surface area contributed by atoms with Crippen molar-refractivity contribution in [3.63, 3.8) is 0 Å². The summed E-state index contributed by atoms with van der Waals surface area (Å²) in [5, 5.41) is 0. The Balaban J connectivity index is 0.00000208. The van der Waals surface area contributed by atoms with Gasteiger partial charge in [-0.15, -0.1) is 0 Å². The molecule has 0 unspecified atom stereocenters. The summed E-state index contributed by atoms with van der Waals surface area (Å²) in [5.74, 6) is -0.952. The number of hydrogen-bond acceptors (Lipinski definition) is 5. The molecule has 24 heavy (non-hydrogen) atoms. The van der Waals surface area contributed by atoms with Gasteiger partial charge >= 0.3 is 0 Å². The van der Waals surface area contributed by atoms with E-state index in [9.17, 15) is 18.0 Å². The molecule has 0 atom stereocenters. The second-order valence-corrected chi connectivity index (χ2v) is 7.46. The largest absolute Gasteiger partial charge is 1.00 e. The molecule has 2 heterocycles. The minimum absolute atomic E-state index is 0. The predicted molar refractivity (Wildman–Crippen MR) is 83.4 cm³/mol. The van der Waals surface area contributed by atoms with E-state index in [0.29, 0.717) is 17.4 Å². The van der Waals surface area contributed by atoms with Gasteiger partial charge in [0.1, 0.15) is 11.4 Å². The SMILES string of the molecule is CCN1CCN(C(=O)CN2C(=O)c3ccccc3S2(=O)=O)CC1.[Cl-]. The van der Waals surface area contributed by atoms with Crippen LogP contribution in [0.25, 0.3) is 0 Å². The van der Waals surface area contributed by atoms with Crippen molar-refractivity contribution in [2.45, 2.75) is 11.8 Å². The fourth-order valence-electron chi connectivity index (χ4n) is 2.92. The van der Waals surface area contributed by atoms with E-state index >= 15 is 0 Å². The second-order valence-electron chi connectivity index (χ2n) is 5.63. The predicted octanol–water partition coefficient (Wildman–Crippen LogP) is -3.00. The number of amides is 2. The second kappa shape index (κ2) is 7.08. The molecule has 2 aliphatic heterocycles. The Labute approximate surface area is 147 Å². The van der Waals surface area contributed by atoms with Crippen LogP contribution in [-0.4, -0.2) is 73.6 Å². The van der Waals surface area contributed by atoms with Crippen molar-refractivity contribution in [2.24, 2.45) is 0 Å². The third-order valence-corrected chi connectivity index (χ3v) is 6.15. The van der Waals surface area contributed by atoms with Crippen LogP contribution in [-0.2, 0) is 14.8 Å². The number of fused-ring (bicyclic) bond motifs is 1. The van der Waals surface area contributed by atoms with Crippen LogP contribution in [0.15, 0.2) is 29.2 Å². The fraction of sp³-hybridized carbons (Fsp3) is 0.467. The zero-order valence-electron chi connectivity index (χ0n) is 13.3. The Hall–Kier alpha value is -1.64. The molecule has 0 spiro atoms. The van der Waals surface area contributed by atoms with Gasteiger partial charge < -0.3 is 22.2 Å². The van der Waals surface area contributed by atoms with E-state index in [1.807, 2.05) is 0 Å². The van der Waals surface area contributed by atoms with Crippen LogP contribution in [0.4, 0.5) is 0 Å². The van der Waals surface area contributed by atoms with Gasteiger partial charge in [-0.3, -0.25) is 9.59 Å². The topological polar surface area (TPSA) is 78.0 Å². The summed E-state index contributed by atoms with van der Waals surface area (Å²) in [6.45, 7) is 5.21. The number of piperazine rings is 1. The molecule has 2 aliphatic rings. The van der Waals surface area contributed by atoms with Gasteiger partial charge in [0.2, 0.25) is 5.91 Å². The average Bonchev–Trinajstić information content (AvgIpc) is 2.76. The lowest BCUT2D eigenvalue weighted by molar-refractivity contribution is -0.132. The molecule has 0 saturated carbocycles. The van der Waals surface area contributed by atoms with E-state index in [1.54, 1.807) is 17.0 Å². The molecule has 0 bridgehead atoms. The highest BCUT2D eigenvalue weighted by Crippen LogP contribution is 2.29. The zero-order chi connectivity index (χ0) is 16.6. The van der Waals surface area contributed by atoms with Crippen LogP contribution in [0, 0.1) is 0 Å². The highest BCUT2D eigenvalue weighted by molar-refractivity contribution is 7.90. The number of carbonyl (C=O) groups excluding carboxylic acids is 2. The molecule has 1 saturated heterocycles. The first-order chi connectivity index (χ1) is 10.9.